The summed E-state index contributed by atoms with van der Waals surface area (Å²) in [5, 5.41) is 11.9. The van der Waals surface area contributed by atoms with Crippen LogP contribution in [0.5, 0.6) is 0 Å². The number of aromatic nitrogens is 2. The van der Waals surface area contributed by atoms with E-state index in [2.05, 4.69) is 33.7 Å². The van der Waals surface area contributed by atoms with Gasteiger partial charge < -0.3 is 5.32 Å². The van der Waals surface area contributed by atoms with E-state index in [1.165, 1.54) is 5.39 Å². The molecule has 2 aromatic carbocycles. The lowest BCUT2D eigenvalue weighted by Gasteiger charge is -2.04. The molecule has 84 valence electrons. The Balaban J connectivity index is 1.82. The highest BCUT2D eigenvalue weighted by Gasteiger charge is 2.03. The molecule has 0 radical (unpaired) electrons. The molecule has 2 N–H and O–H groups in total. The van der Waals surface area contributed by atoms with Gasteiger partial charge in [0.05, 0.1) is 17.8 Å². The lowest BCUT2D eigenvalue weighted by atomic mass is 10.2. The molecule has 0 saturated heterocycles. The van der Waals surface area contributed by atoms with Gasteiger partial charge in [0.25, 0.3) is 0 Å². The number of para-hydroxylation sites is 2. The lowest BCUT2D eigenvalue weighted by Crippen LogP contribution is -1.99. The Bertz CT molecular complexity index is 613. The van der Waals surface area contributed by atoms with Crippen LogP contribution >= 0.6 is 0 Å². The molecule has 0 amide bonds. The molecule has 3 heteroatoms. The van der Waals surface area contributed by atoms with Crippen LogP contribution in [0.1, 0.15) is 5.69 Å². The molecule has 0 spiro atoms. The maximum absolute atomic E-state index is 4.27. The van der Waals surface area contributed by atoms with E-state index in [9.17, 15) is 0 Å². The Morgan fingerprint density at radius 3 is 2.59 bits per heavy atom. The quantitative estimate of drug-likeness (QED) is 0.716. The SMILES string of the molecule is c1ccc(NCc2[nH]nc3ccccc23)cc1. The second kappa shape index (κ2) is 4.29. The van der Waals surface area contributed by atoms with Crippen molar-refractivity contribution in [3.8, 4) is 0 Å². The molecule has 0 fully saturated rings. The van der Waals surface area contributed by atoms with Gasteiger partial charge >= 0.3 is 0 Å². The van der Waals surface area contributed by atoms with Crippen molar-refractivity contribution in [2.45, 2.75) is 6.54 Å². The first-order valence-electron chi connectivity index (χ1n) is 5.64. The fourth-order valence-electron chi connectivity index (χ4n) is 1.90. The summed E-state index contributed by atoms with van der Waals surface area (Å²) in [5.41, 5.74) is 3.24. The Morgan fingerprint density at radius 1 is 0.941 bits per heavy atom. The highest BCUT2D eigenvalue weighted by Crippen LogP contribution is 2.16. The van der Waals surface area contributed by atoms with Gasteiger partial charge in [-0.25, -0.2) is 0 Å². The van der Waals surface area contributed by atoms with Crippen molar-refractivity contribution in [1.82, 2.24) is 10.2 Å². The minimum absolute atomic E-state index is 0.754. The van der Waals surface area contributed by atoms with Crippen molar-refractivity contribution < 1.29 is 0 Å². The van der Waals surface area contributed by atoms with Gasteiger partial charge in [0, 0.05) is 11.1 Å². The van der Waals surface area contributed by atoms with E-state index < -0.39 is 0 Å². The maximum Gasteiger partial charge on any atom is 0.0924 e. The van der Waals surface area contributed by atoms with Crippen molar-refractivity contribution in [2.75, 3.05) is 5.32 Å². The molecule has 0 atom stereocenters. The molecule has 3 rings (SSSR count). The van der Waals surface area contributed by atoms with E-state index in [0.717, 1.165) is 23.4 Å². The monoisotopic (exact) mass is 223 g/mol. The third-order valence-corrected chi connectivity index (χ3v) is 2.78. The number of benzene rings is 2. The number of aromatic amines is 1. The third-order valence-electron chi connectivity index (χ3n) is 2.78. The van der Waals surface area contributed by atoms with Crippen LogP contribution in [0.3, 0.4) is 0 Å². The topological polar surface area (TPSA) is 40.7 Å². The van der Waals surface area contributed by atoms with Gasteiger partial charge in [-0.2, -0.15) is 5.10 Å². The van der Waals surface area contributed by atoms with Crippen LogP contribution < -0.4 is 5.32 Å². The zero-order valence-electron chi connectivity index (χ0n) is 9.35. The second-order valence-corrected chi connectivity index (χ2v) is 3.94. The van der Waals surface area contributed by atoms with Gasteiger partial charge in [0.15, 0.2) is 0 Å². The fraction of sp³-hybridized carbons (Fsp3) is 0.0714. The summed E-state index contributed by atoms with van der Waals surface area (Å²) in [6.45, 7) is 0.754. The highest BCUT2D eigenvalue weighted by atomic mass is 15.1. The van der Waals surface area contributed by atoms with Crippen molar-refractivity contribution >= 4 is 16.6 Å². The van der Waals surface area contributed by atoms with Crippen LogP contribution in [0.15, 0.2) is 54.6 Å². The van der Waals surface area contributed by atoms with E-state index in [1.807, 2.05) is 36.4 Å². The number of hydrogen-bond donors (Lipinski definition) is 2. The number of hydrogen-bond acceptors (Lipinski definition) is 2. The highest BCUT2D eigenvalue weighted by molar-refractivity contribution is 5.81. The summed E-state index contributed by atoms with van der Waals surface area (Å²) in [6, 6.07) is 18.3. The zero-order valence-corrected chi connectivity index (χ0v) is 9.35. The number of nitrogens with zero attached hydrogens (tertiary/aromatic N) is 1. The Labute approximate surface area is 99.5 Å². The van der Waals surface area contributed by atoms with Crippen molar-refractivity contribution in [1.29, 1.82) is 0 Å². The molecule has 0 aliphatic heterocycles. The van der Waals surface area contributed by atoms with Crippen LogP contribution in [0.2, 0.25) is 0 Å². The first-order valence-corrected chi connectivity index (χ1v) is 5.64. The fourth-order valence-corrected chi connectivity index (χ4v) is 1.90. The molecular weight excluding hydrogens is 210 g/mol. The molecule has 0 bridgehead atoms. The standard InChI is InChI=1S/C14H13N3/c1-2-6-11(7-3-1)15-10-14-12-8-4-5-9-13(12)16-17-14/h1-9,15H,10H2,(H,16,17). The van der Waals surface area contributed by atoms with Gasteiger partial charge in [-0.05, 0) is 18.2 Å². The first-order chi connectivity index (χ1) is 8.43. The number of rotatable bonds is 3. The van der Waals surface area contributed by atoms with Gasteiger partial charge in [0.2, 0.25) is 0 Å². The average molecular weight is 223 g/mol. The third kappa shape index (κ3) is 1.99. The minimum atomic E-state index is 0.754. The summed E-state index contributed by atoms with van der Waals surface area (Å²) >= 11 is 0. The molecule has 1 aromatic heterocycles. The largest absolute Gasteiger partial charge is 0.379 e. The van der Waals surface area contributed by atoms with E-state index in [1.54, 1.807) is 0 Å². The summed E-state index contributed by atoms with van der Waals surface area (Å²) < 4.78 is 0. The van der Waals surface area contributed by atoms with E-state index in [-0.39, 0.29) is 0 Å². The Morgan fingerprint density at radius 2 is 1.71 bits per heavy atom. The average Bonchev–Trinajstić information content (AvgIpc) is 2.81. The molecule has 0 unspecified atom stereocenters. The predicted molar refractivity (Wildman–Crippen MR) is 69.9 cm³/mol. The van der Waals surface area contributed by atoms with E-state index >= 15 is 0 Å². The summed E-state index contributed by atoms with van der Waals surface area (Å²) in [7, 11) is 0. The predicted octanol–water partition coefficient (Wildman–Crippen LogP) is 3.18. The summed E-state index contributed by atoms with van der Waals surface area (Å²) in [4.78, 5) is 0. The number of H-pyrrole nitrogens is 1. The van der Waals surface area contributed by atoms with Gasteiger partial charge in [0.1, 0.15) is 0 Å². The van der Waals surface area contributed by atoms with E-state index in [4.69, 9.17) is 0 Å². The van der Waals surface area contributed by atoms with Crippen LogP contribution in [0.25, 0.3) is 10.9 Å². The minimum Gasteiger partial charge on any atom is -0.379 e. The Hall–Kier alpha value is -2.29. The summed E-state index contributed by atoms with van der Waals surface area (Å²) in [6.07, 6.45) is 0. The molecule has 0 saturated carbocycles. The molecular formula is C14H13N3. The number of anilines is 1. The second-order valence-electron chi connectivity index (χ2n) is 3.94. The van der Waals surface area contributed by atoms with Gasteiger partial charge in [-0.1, -0.05) is 36.4 Å². The van der Waals surface area contributed by atoms with Crippen LogP contribution in [0.4, 0.5) is 5.69 Å². The maximum atomic E-state index is 4.27. The number of nitrogens with one attached hydrogen (secondary N) is 2. The smallest absolute Gasteiger partial charge is 0.0924 e. The van der Waals surface area contributed by atoms with Crippen molar-refractivity contribution in [3.05, 3.63) is 60.3 Å². The van der Waals surface area contributed by atoms with Crippen LogP contribution in [-0.4, -0.2) is 10.2 Å². The molecule has 0 aliphatic rings. The van der Waals surface area contributed by atoms with Crippen molar-refractivity contribution in [3.63, 3.8) is 0 Å². The molecule has 0 aliphatic carbocycles. The zero-order chi connectivity index (χ0) is 11.5. The first kappa shape index (κ1) is 9.90. The molecule has 1 heterocycles. The molecule has 3 nitrogen and oxygen atoms in total. The van der Waals surface area contributed by atoms with Crippen LogP contribution in [-0.2, 0) is 6.54 Å². The molecule has 3 aromatic rings. The molecule has 17 heavy (non-hydrogen) atoms. The lowest BCUT2D eigenvalue weighted by molar-refractivity contribution is 0.995. The van der Waals surface area contributed by atoms with Gasteiger partial charge in [-0.3, -0.25) is 5.10 Å². The van der Waals surface area contributed by atoms with Crippen molar-refractivity contribution in [2.24, 2.45) is 0 Å². The Kier molecular flexibility index (Phi) is 2.50. The van der Waals surface area contributed by atoms with E-state index in [0.29, 0.717) is 0 Å². The number of fused-ring (bicyclic) bond motifs is 1. The van der Waals surface area contributed by atoms with Gasteiger partial charge in [-0.15, -0.1) is 0 Å². The normalized spacial score (nSPS) is 10.6. The summed E-state index contributed by atoms with van der Waals surface area (Å²) in [5.74, 6) is 0. The van der Waals surface area contributed by atoms with Crippen LogP contribution in [0, 0.1) is 0 Å².